The van der Waals surface area contributed by atoms with Crippen molar-refractivity contribution in [2.45, 2.75) is 20.5 Å². The van der Waals surface area contributed by atoms with Crippen molar-refractivity contribution in [1.29, 1.82) is 0 Å². The zero-order valence-electron chi connectivity index (χ0n) is 15.6. The largest absolute Gasteiger partial charge is 0.496 e. The summed E-state index contributed by atoms with van der Waals surface area (Å²) < 4.78 is 21.3. The molecule has 0 aromatic heterocycles. The van der Waals surface area contributed by atoms with Gasteiger partial charge in [0, 0.05) is 11.1 Å². The molecule has 0 aliphatic carbocycles. The molecular formula is C20H21ClO6. The Morgan fingerprint density at radius 1 is 1.00 bits per heavy atom. The van der Waals surface area contributed by atoms with E-state index in [0.29, 0.717) is 35.0 Å². The van der Waals surface area contributed by atoms with Crippen LogP contribution in [-0.4, -0.2) is 32.6 Å². The number of hydrogen-bond acceptors (Lipinski definition) is 6. The van der Waals surface area contributed by atoms with E-state index in [9.17, 15) is 9.59 Å². The molecule has 2 rings (SSSR count). The molecule has 2 aromatic rings. The Balaban J connectivity index is 2.22. The number of carbonyl (C=O) groups excluding carboxylic acids is 2. The van der Waals surface area contributed by atoms with Crippen molar-refractivity contribution in [1.82, 2.24) is 0 Å². The van der Waals surface area contributed by atoms with E-state index < -0.39 is 5.97 Å². The summed E-state index contributed by atoms with van der Waals surface area (Å²) in [7, 11) is 2.96. The Morgan fingerprint density at radius 3 is 2.30 bits per heavy atom. The number of Topliss-reactive ketones (excluding diaryl/α,β-unsaturated/α-hetero) is 1. The lowest BCUT2D eigenvalue weighted by molar-refractivity contribution is 0.0469. The van der Waals surface area contributed by atoms with Crippen LogP contribution in [0.2, 0.25) is 5.02 Å². The van der Waals surface area contributed by atoms with Gasteiger partial charge >= 0.3 is 5.97 Å². The predicted octanol–water partition coefficient (Wildman–Crippen LogP) is 4.32. The minimum atomic E-state index is -0.589. The Morgan fingerprint density at radius 2 is 1.70 bits per heavy atom. The quantitative estimate of drug-likeness (QED) is 0.492. The topological polar surface area (TPSA) is 71.1 Å². The second kappa shape index (κ2) is 9.28. The van der Waals surface area contributed by atoms with Gasteiger partial charge in [0.25, 0.3) is 0 Å². The van der Waals surface area contributed by atoms with Crippen LogP contribution in [0.3, 0.4) is 0 Å². The number of carbonyl (C=O) groups is 2. The first-order valence-electron chi connectivity index (χ1n) is 8.26. The van der Waals surface area contributed by atoms with Crippen LogP contribution in [0.25, 0.3) is 0 Å². The van der Waals surface area contributed by atoms with Gasteiger partial charge in [-0.15, -0.1) is 0 Å². The Bertz CT molecular complexity index is 847. The highest BCUT2D eigenvalue weighted by Gasteiger charge is 2.17. The molecule has 0 bridgehead atoms. The van der Waals surface area contributed by atoms with Crippen LogP contribution < -0.4 is 14.2 Å². The van der Waals surface area contributed by atoms with Crippen LogP contribution in [0.5, 0.6) is 17.2 Å². The third-order valence-corrected chi connectivity index (χ3v) is 4.08. The zero-order chi connectivity index (χ0) is 20.0. The fourth-order valence-corrected chi connectivity index (χ4v) is 2.72. The molecule has 0 saturated carbocycles. The maximum Gasteiger partial charge on any atom is 0.338 e. The molecule has 0 amide bonds. The highest BCUT2D eigenvalue weighted by molar-refractivity contribution is 6.32. The average molecular weight is 393 g/mol. The van der Waals surface area contributed by atoms with Crippen LogP contribution in [0.4, 0.5) is 0 Å². The summed E-state index contributed by atoms with van der Waals surface area (Å²) in [6, 6.07) is 7.92. The molecule has 0 heterocycles. The molecule has 27 heavy (non-hydrogen) atoms. The summed E-state index contributed by atoms with van der Waals surface area (Å²) in [5, 5.41) is 0.249. The highest BCUT2D eigenvalue weighted by atomic mass is 35.5. The van der Waals surface area contributed by atoms with E-state index in [1.165, 1.54) is 33.3 Å². The van der Waals surface area contributed by atoms with E-state index in [0.717, 1.165) is 0 Å². The minimum absolute atomic E-state index is 0.0593. The molecule has 0 spiro atoms. The number of ether oxygens (including phenoxy) is 4. The first kappa shape index (κ1) is 20.6. The second-order valence-electron chi connectivity index (χ2n) is 5.58. The van der Waals surface area contributed by atoms with E-state index in [1.54, 1.807) is 18.2 Å². The van der Waals surface area contributed by atoms with Crippen molar-refractivity contribution in [3.05, 3.63) is 52.0 Å². The predicted molar refractivity (Wildman–Crippen MR) is 101 cm³/mol. The van der Waals surface area contributed by atoms with E-state index in [2.05, 4.69) is 0 Å². The molecule has 0 fully saturated rings. The van der Waals surface area contributed by atoms with Crippen molar-refractivity contribution in [2.24, 2.45) is 0 Å². The molecule has 0 atom stereocenters. The average Bonchev–Trinajstić information content (AvgIpc) is 2.67. The molecule has 0 saturated heterocycles. The van der Waals surface area contributed by atoms with Gasteiger partial charge < -0.3 is 18.9 Å². The van der Waals surface area contributed by atoms with Crippen molar-refractivity contribution in [3.8, 4) is 17.2 Å². The Hall–Kier alpha value is -2.73. The van der Waals surface area contributed by atoms with Gasteiger partial charge in [0.15, 0.2) is 17.3 Å². The van der Waals surface area contributed by atoms with E-state index >= 15 is 0 Å². The monoisotopic (exact) mass is 392 g/mol. The standard InChI is InChI=1S/C20H21ClO6/c1-5-26-19-16(21)9-14(10-18(19)25-4)20(23)27-11-15-8-13(12(2)22)6-7-17(15)24-3/h6-10H,5,11H2,1-4H3. The summed E-state index contributed by atoms with van der Waals surface area (Å²) in [4.78, 5) is 24.0. The van der Waals surface area contributed by atoms with E-state index in [1.807, 2.05) is 6.92 Å². The molecule has 2 aromatic carbocycles. The fourth-order valence-electron chi connectivity index (χ4n) is 2.46. The number of ketones is 1. The highest BCUT2D eigenvalue weighted by Crippen LogP contribution is 2.36. The SMILES string of the molecule is CCOc1c(Cl)cc(C(=O)OCc2cc(C(C)=O)ccc2OC)cc1OC. The van der Waals surface area contributed by atoms with Crippen molar-refractivity contribution in [2.75, 3.05) is 20.8 Å². The van der Waals surface area contributed by atoms with Crippen molar-refractivity contribution >= 4 is 23.4 Å². The Kier molecular flexibility index (Phi) is 7.07. The molecule has 0 aliphatic rings. The maximum atomic E-state index is 12.4. The number of esters is 1. The molecule has 6 nitrogen and oxygen atoms in total. The third kappa shape index (κ3) is 4.92. The fraction of sp³-hybridized carbons (Fsp3) is 0.300. The van der Waals surface area contributed by atoms with Gasteiger partial charge in [-0.05, 0) is 44.2 Å². The van der Waals surface area contributed by atoms with Crippen LogP contribution in [0, 0.1) is 0 Å². The summed E-state index contributed by atoms with van der Waals surface area (Å²) >= 11 is 6.19. The summed E-state index contributed by atoms with van der Waals surface area (Å²) in [5.41, 5.74) is 1.32. The third-order valence-electron chi connectivity index (χ3n) is 3.80. The lowest BCUT2D eigenvalue weighted by Crippen LogP contribution is -2.08. The van der Waals surface area contributed by atoms with E-state index in [4.69, 9.17) is 30.5 Å². The molecule has 0 aliphatic heterocycles. The van der Waals surface area contributed by atoms with Gasteiger partial charge in [0.2, 0.25) is 0 Å². The van der Waals surface area contributed by atoms with Crippen LogP contribution in [-0.2, 0) is 11.3 Å². The first-order chi connectivity index (χ1) is 12.9. The molecular weight excluding hydrogens is 372 g/mol. The lowest BCUT2D eigenvalue weighted by atomic mass is 10.1. The maximum absolute atomic E-state index is 12.4. The number of rotatable bonds is 8. The van der Waals surface area contributed by atoms with Gasteiger partial charge in [-0.1, -0.05) is 11.6 Å². The van der Waals surface area contributed by atoms with Crippen LogP contribution in [0.1, 0.15) is 40.1 Å². The number of halogens is 1. The smallest absolute Gasteiger partial charge is 0.338 e. The first-order valence-corrected chi connectivity index (χ1v) is 8.64. The number of hydrogen-bond donors (Lipinski definition) is 0. The molecule has 7 heteroatoms. The summed E-state index contributed by atoms with van der Waals surface area (Å²) in [6.07, 6.45) is 0. The van der Waals surface area contributed by atoms with Crippen LogP contribution >= 0.6 is 11.6 Å². The van der Waals surface area contributed by atoms with Gasteiger partial charge in [0.05, 0.1) is 31.4 Å². The van der Waals surface area contributed by atoms with Crippen LogP contribution in [0.15, 0.2) is 30.3 Å². The van der Waals surface area contributed by atoms with Gasteiger partial charge in [-0.25, -0.2) is 4.79 Å². The lowest BCUT2D eigenvalue weighted by Gasteiger charge is -2.14. The number of benzene rings is 2. The normalized spacial score (nSPS) is 10.3. The molecule has 0 radical (unpaired) electrons. The summed E-state index contributed by atoms with van der Waals surface area (Å²) in [6.45, 7) is 3.63. The second-order valence-corrected chi connectivity index (χ2v) is 5.99. The van der Waals surface area contributed by atoms with Gasteiger partial charge in [0.1, 0.15) is 12.4 Å². The molecule has 0 N–H and O–H groups in total. The van der Waals surface area contributed by atoms with Gasteiger partial charge in [-0.3, -0.25) is 4.79 Å². The zero-order valence-corrected chi connectivity index (χ0v) is 16.4. The van der Waals surface area contributed by atoms with E-state index in [-0.39, 0.29) is 23.0 Å². The van der Waals surface area contributed by atoms with Crippen molar-refractivity contribution < 1.29 is 28.5 Å². The Labute approximate surface area is 162 Å². The van der Waals surface area contributed by atoms with Crippen molar-refractivity contribution in [3.63, 3.8) is 0 Å². The van der Waals surface area contributed by atoms with Gasteiger partial charge in [-0.2, -0.15) is 0 Å². The summed E-state index contributed by atoms with van der Waals surface area (Å²) in [5.74, 6) is 0.554. The minimum Gasteiger partial charge on any atom is -0.496 e. The molecule has 0 unspecified atom stereocenters. The molecule has 144 valence electrons. The number of methoxy groups -OCH3 is 2.